The molecule has 0 amide bonds. The lowest BCUT2D eigenvalue weighted by Crippen LogP contribution is -2.69. The van der Waals surface area contributed by atoms with Crippen LogP contribution < -0.4 is 0 Å². The predicted octanol–water partition coefficient (Wildman–Crippen LogP) is 6.02. The molecule has 0 aliphatic heterocycles. The highest BCUT2D eigenvalue weighted by atomic mass is 19.4. The molecule has 1 N–H and O–H groups in total. The molecule has 1 rings (SSSR count). The Bertz CT molecular complexity index is 721. The van der Waals surface area contributed by atoms with Gasteiger partial charge in [-0.3, -0.25) is 0 Å². The SMILES string of the molecule is OC(/C=C/C(F)(F)C(F)(F)C(F)(F)C(F)(F)C(F)(F)C(F)(F)F)c1ccccc1. The van der Waals surface area contributed by atoms with Gasteiger partial charge in [0.2, 0.25) is 0 Å². The zero-order chi connectivity index (χ0) is 23.1. The average molecular weight is 452 g/mol. The summed E-state index contributed by atoms with van der Waals surface area (Å²) < 4.78 is 168. The van der Waals surface area contributed by atoms with Gasteiger partial charge in [0.15, 0.2) is 0 Å². The van der Waals surface area contributed by atoms with Crippen LogP contribution in [0.25, 0.3) is 0 Å². The van der Waals surface area contributed by atoms with Crippen molar-refractivity contribution < 1.29 is 62.2 Å². The fourth-order valence-electron chi connectivity index (χ4n) is 1.86. The molecule has 0 spiro atoms. The summed E-state index contributed by atoms with van der Waals surface area (Å²) in [6.45, 7) is 0. The van der Waals surface area contributed by atoms with E-state index in [-0.39, 0.29) is 11.6 Å². The van der Waals surface area contributed by atoms with Crippen LogP contribution in [0.3, 0.4) is 0 Å². The van der Waals surface area contributed by atoms with Crippen LogP contribution in [0.5, 0.6) is 0 Å². The van der Waals surface area contributed by atoms with Crippen LogP contribution in [0.1, 0.15) is 11.7 Å². The first-order valence-corrected chi connectivity index (χ1v) is 7.12. The monoisotopic (exact) mass is 452 g/mol. The lowest BCUT2D eigenvalue weighted by molar-refractivity contribution is -0.436. The van der Waals surface area contributed by atoms with E-state index >= 15 is 0 Å². The van der Waals surface area contributed by atoms with Gasteiger partial charge in [0.25, 0.3) is 0 Å². The van der Waals surface area contributed by atoms with E-state index in [1.807, 2.05) is 0 Å². The van der Waals surface area contributed by atoms with Gasteiger partial charge in [-0.05, 0) is 17.7 Å². The average Bonchev–Trinajstić information content (AvgIpc) is 2.58. The third-order valence-corrected chi connectivity index (χ3v) is 3.59. The van der Waals surface area contributed by atoms with Gasteiger partial charge in [-0.25, -0.2) is 0 Å². The van der Waals surface area contributed by atoms with Crippen molar-refractivity contribution in [1.29, 1.82) is 0 Å². The molecule has 0 saturated heterocycles. The van der Waals surface area contributed by atoms with E-state index in [9.17, 15) is 62.2 Å². The number of aliphatic hydroxyl groups is 1. The summed E-state index contributed by atoms with van der Waals surface area (Å²) >= 11 is 0. The van der Waals surface area contributed by atoms with Crippen molar-refractivity contribution >= 4 is 0 Å². The molecule has 0 aromatic heterocycles. The number of hydrogen-bond donors (Lipinski definition) is 1. The van der Waals surface area contributed by atoms with Crippen molar-refractivity contribution in [2.24, 2.45) is 0 Å². The first-order chi connectivity index (χ1) is 12.7. The second-order valence-corrected chi connectivity index (χ2v) is 5.63. The number of rotatable bonds is 7. The maximum atomic E-state index is 13.5. The Morgan fingerprint density at radius 1 is 0.621 bits per heavy atom. The lowest BCUT2D eigenvalue weighted by atomic mass is 9.93. The van der Waals surface area contributed by atoms with Crippen LogP contribution in [-0.2, 0) is 0 Å². The molecular weight excluding hydrogens is 443 g/mol. The molecule has 0 radical (unpaired) electrons. The molecule has 0 bridgehead atoms. The topological polar surface area (TPSA) is 20.2 Å². The smallest absolute Gasteiger partial charge is 0.384 e. The van der Waals surface area contributed by atoms with Crippen LogP contribution in [0.4, 0.5) is 57.1 Å². The first kappa shape index (κ1) is 25.0. The van der Waals surface area contributed by atoms with Gasteiger partial charge in [-0.15, -0.1) is 0 Å². The van der Waals surface area contributed by atoms with Gasteiger partial charge in [0.05, 0.1) is 6.10 Å². The minimum absolute atomic E-state index is 0.247. The fourth-order valence-corrected chi connectivity index (χ4v) is 1.86. The van der Waals surface area contributed by atoms with Crippen molar-refractivity contribution in [3.05, 3.63) is 48.0 Å². The van der Waals surface area contributed by atoms with Crippen molar-refractivity contribution in [3.8, 4) is 0 Å². The molecule has 1 atom stereocenters. The van der Waals surface area contributed by atoms with Gasteiger partial charge in [-0.2, -0.15) is 57.1 Å². The maximum Gasteiger partial charge on any atom is 0.460 e. The van der Waals surface area contributed by atoms with Gasteiger partial charge >= 0.3 is 35.8 Å². The number of benzene rings is 1. The highest BCUT2D eigenvalue weighted by molar-refractivity contribution is 5.23. The first-order valence-electron chi connectivity index (χ1n) is 7.12. The largest absolute Gasteiger partial charge is 0.460 e. The van der Waals surface area contributed by atoms with E-state index in [1.54, 1.807) is 0 Å². The summed E-state index contributed by atoms with van der Waals surface area (Å²) in [7, 11) is 0. The van der Waals surface area contributed by atoms with E-state index in [0.29, 0.717) is 0 Å². The minimum Gasteiger partial charge on any atom is -0.384 e. The molecule has 0 aliphatic rings. The van der Waals surface area contributed by atoms with Crippen molar-refractivity contribution in [1.82, 2.24) is 0 Å². The quantitative estimate of drug-likeness (QED) is 0.397. The van der Waals surface area contributed by atoms with E-state index in [1.165, 1.54) is 18.2 Å². The number of aliphatic hydroxyl groups excluding tert-OH is 1. The summed E-state index contributed by atoms with van der Waals surface area (Å²) in [6, 6.07) is 5.93. The minimum atomic E-state index is -7.95. The lowest BCUT2D eigenvalue weighted by Gasteiger charge is -2.39. The Balaban J connectivity index is 3.33. The summed E-state index contributed by atoms with van der Waals surface area (Å²) in [6.07, 6.45) is -11.0. The molecule has 0 heterocycles. The van der Waals surface area contributed by atoms with E-state index in [0.717, 1.165) is 12.1 Å². The van der Waals surface area contributed by atoms with Crippen LogP contribution >= 0.6 is 0 Å². The Labute approximate surface area is 153 Å². The summed E-state index contributed by atoms with van der Waals surface area (Å²) in [5, 5.41) is 9.48. The standard InChI is InChI=1S/C15H9F13O/c16-10(17,7-6-9(29)8-4-2-1-3-5-8)11(18,19)12(20,21)13(22,23)14(24,25)15(26,27)28/h1-7,9,29H/b7-6+. The third-order valence-electron chi connectivity index (χ3n) is 3.59. The van der Waals surface area contributed by atoms with E-state index in [2.05, 4.69) is 0 Å². The molecule has 0 saturated carbocycles. The normalized spacial score (nSPS) is 16.3. The van der Waals surface area contributed by atoms with Crippen molar-refractivity contribution in [2.75, 3.05) is 0 Å². The summed E-state index contributed by atoms with van der Waals surface area (Å²) in [5.74, 6) is -37.3. The third kappa shape index (κ3) is 4.03. The van der Waals surface area contributed by atoms with E-state index in [4.69, 9.17) is 0 Å². The van der Waals surface area contributed by atoms with Gasteiger partial charge < -0.3 is 5.11 Å². The number of hydrogen-bond acceptors (Lipinski definition) is 1. The summed E-state index contributed by atoms with van der Waals surface area (Å²) in [5.41, 5.74) is -0.247. The fraction of sp³-hybridized carbons (Fsp3) is 0.467. The molecule has 166 valence electrons. The molecule has 1 nitrogen and oxygen atoms in total. The highest BCUT2D eigenvalue weighted by Gasteiger charge is 2.90. The van der Waals surface area contributed by atoms with Crippen LogP contribution in [0.15, 0.2) is 42.5 Å². The molecule has 1 aromatic carbocycles. The van der Waals surface area contributed by atoms with Gasteiger partial charge in [0, 0.05) is 0 Å². The van der Waals surface area contributed by atoms with Crippen molar-refractivity contribution in [3.63, 3.8) is 0 Å². The molecular formula is C15H9F13O. The van der Waals surface area contributed by atoms with Crippen LogP contribution in [0.2, 0.25) is 0 Å². The van der Waals surface area contributed by atoms with Crippen molar-refractivity contribution in [2.45, 2.75) is 41.9 Å². The second kappa shape index (κ2) is 7.36. The number of halogens is 13. The molecule has 1 aromatic rings. The van der Waals surface area contributed by atoms with Crippen LogP contribution in [0, 0.1) is 0 Å². The molecule has 1 unspecified atom stereocenters. The van der Waals surface area contributed by atoms with Gasteiger partial charge in [-0.1, -0.05) is 30.3 Å². The molecule has 14 heteroatoms. The number of alkyl halides is 13. The number of allylic oxidation sites excluding steroid dienone is 1. The van der Waals surface area contributed by atoms with E-state index < -0.39 is 48.0 Å². The Morgan fingerprint density at radius 2 is 1.03 bits per heavy atom. The van der Waals surface area contributed by atoms with Crippen LogP contribution in [-0.4, -0.2) is 40.9 Å². The Hall–Kier alpha value is -1.99. The zero-order valence-electron chi connectivity index (χ0n) is 13.5. The molecule has 29 heavy (non-hydrogen) atoms. The Morgan fingerprint density at radius 3 is 1.45 bits per heavy atom. The molecule has 0 aliphatic carbocycles. The highest BCUT2D eigenvalue weighted by Crippen LogP contribution is 2.60. The summed E-state index contributed by atoms with van der Waals surface area (Å²) in [4.78, 5) is 0. The molecule has 0 fully saturated rings. The second-order valence-electron chi connectivity index (χ2n) is 5.63. The Kier molecular flexibility index (Phi) is 6.36. The van der Waals surface area contributed by atoms with Gasteiger partial charge in [0.1, 0.15) is 0 Å². The zero-order valence-corrected chi connectivity index (χ0v) is 13.5. The predicted molar refractivity (Wildman–Crippen MR) is 71.3 cm³/mol. The maximum absolute atomic E-state index is 13.5.